The maximum atomic E-state index is 12.4. The Kier molecular flexibility index (Phi) is 3.96. The van der Waals surface area contributed by atoms with Gasteiger partial charge in [-0.2, -0.15) is 0 Å². The van der Waals surface area contributed by atoms with Crippen molar-refractivity contribution in [2.24, 2.45) is 5.92 Å². The molecule has 0 spiro atoms. The van der Waals surface area contributed by atoms with Crippen molar-refractivity contribution in [1.29, 1.82) is 0 Å². The molecule has 3 rings (SSSR count). The molecular formula is C13H20N4O4S. The van der Waals surface area contributed by atoms with Crippen molar-refractivity contribution < 1.29 is 17.9 Å². The fourth-order valence-corrected chi connectivity index (χ4v) is 4.43. The molecule has 1 amide bonds. The highest BCUT2D eigenvalue weighted by molar-refractivity contribution is 7.89. The van der Waals surface area contributed by atoms with Gasteiger partial charge in [0.05, 0.1) is 24.4 Å². The molecular weight excluding hydrogens is 308 g/mol. The van der Waals surface area contributed by atoms with Gasteiger partial charge in [0.15, 0.2) is 5.03 Å². The maximum Gasteiger partial charge on any atom is 0.257 e. The lowest BCUT2D eigenvalue weighted by Crippen LogP contribution is -2.70. The Morgan fingerprint density at radius 1 is 1.50 bits per heavy atom. The number of carbonyl (C=O) groups excluding carboxylic acids is 1. The van der Waals surface area contributed by atoms with Crippen LogP contribution in [-0.2, 0) is 26.0 Å². The lowest BCUT2D eigenvalue weighted by molar-refractivity contribution is -0.123. The van der Waals surface area contributed by atoms with E-state index in [1.807, 2.05) is 6.92 Å². The van der Waals surface area contributed by atoms with Gasteiger partial charge in [-0.05, 0) is 6.42 Å². The number of hydrogen-bond donors (Lipinski definition) is 3. The van der Waals surface area contributed by atoms with Gasteiger partial charge in [0.2, 0.25) is 5.91 Å². The smallest absolute Gasteiger partial charge is 0.257 e. The van der Waals surface area contributed by atoms with Crippen molar-refractivity contribution in [3.8, 4) is 0 Å². The zero-order valence-corrected chi connectivity index (χ0v) is 13.3. The van der Waals surface area contributed by atoms with Gasteiger partial charge in [0, 0.05) is 25.9 Å². The molecule has 0 radical (unpaired) electrons. The molecule has 0 bridgehead atoms. The molecule has 1 aliphatic heterocycles. The number of aromatic amines is 1. The summed E-state index contributed by atoms with van der Waals surface area (Å²) in [6, 6.07) is -0.678. The summed E-state index contributed by atoms with van der Waals surface area (Å²) in [4.78, 5) is 18.1. The molecule has 1 saturated heterocycles. The molecule has 122 valence electrons. The number of fused-ring (bicyclic) bond motifs is 1. The molecule has 2 fully saturated rings. The number of rotatable bonds is 5. The van der Waals surface area contributed by atoms with E-state index >= 15 is 0 Å². The highest BCUT2D eigenvalue weighted by atomic mass is 32.2. The topological polar surface area (TPSA) is 113 Å². The third-order valence-corrected chi connectivity index (χ3v) is 5.65. The van der Waals surface area contributed by atoms with Crippen LogP contribution in [0.4, 0.5) is 0 Å². The van der Waals surface area contributed by atoms with E-state index in [0.29, 0.717) is 18.9 Å². The molecule has 1 aromatic rings. The number of hydrogen-bond acceptors (Lipinski definition) is 5. The average Bonchev–Trinajstić information content (AvgIpc) is 3.10. The summed E-state index contributed by atoms with van der Waals surface area (Å²) in [7, 11) is -3.69. The molecule has 1 aliphatic carbocycles. The zero-order chi connectivity index (χ0) is 15.9. The predicted octanol–water partition coefficient (Wildman–Crippen LogP) is -0.458. The summed E-state index contributed by atoms with van der Waals surface area (Å²) in [5.74, 6) is 0.521. The van der Waals surface area contributed by atoms with Crippen molar-refractivity contribution in [1.82, 2.24) is 20.0 Å². The van der Waals surface area contributed by atoms with Crippen LogP contribution in [0.1, 0.15) is 26.1 Å². The number of imidazole rings is 1. The first-order valence-corrected chi connectivity index (χ1v) is 8.85. The van der Waals surface area contributed by atoms with Gasteiger partial charge in [-0.1, -0.05) is 6.92 Å². The van der Waals surface area contributed by atoms with Crippen LogP contribution in [0, 0.1) is 5.92 Å². The molecule has 2 heterocycles. The molecule has 2 aliphatic rings. The van der Waals surface area contributed by atoms with Crippen molar-refractivity contribution in [3.05, 3.63) is 12.0 Å². The van der Waals surface area contributed by atoms with Gasteiger partial charge in [-0.3, -0.25) is 4.79 Å². The molecule has 9 heteroatoms. The quantitative estimate of drug-likeness (QED) is 0.677. The van der Waals surface area contributed by atoms with Crippen LogP contribution in [-0.4, -0.2) is 49.1 Å². The van der Waals surface area contributed by atoms with E-state index in [9.17, 15) is 13.2 Å². The number of ether oxygens (including phenoxy) is 1. The summed E-state index contributed by atoms with van der Waals surface area (Å²) >= 11 is 0. The molecule has 8 nitrogen and oxygen atoms in total. The fourth-order valence-electron chi connectivity index (χ4n) is 3.18. The third kappa shape index (κ3) is 2.64. The van der Waals surface area contributed by atoms with Crippen molar-refractivity contribution in [2.45, 2.75) is 49.9 Å². The van der Waals surface area contributed by atoms with E-state index in [-0.39, 0.29) is 35.0 Å². The van der Waals surface area contributed by atoms with E-state index in [0.717, 1.165) is 6.42 Å². The molecule has 1 saturated carbocycles. The first-order chi connectivity index (χ1) is 10.4. The van der Waals surface area contributed by atoms with E-state index in [4.69, 9.17) is 4.74 Å². The van der Waals surface area contributed by atoms with Crippen molar-refractivity contribution >= 4 is 15.9 Å². The molecule has 0 unspecified atom stereocenters. The number of H-pyrrole nitrogens is 1. The Morgan fingerprint density at radius 3 is 2.91 bits per heavy atom. The predicted molar refractivity (Wildman–Crippen MR) is 77.5 cm³/mol. The Morgan fingerprint density at radius 2 is 2.27 bits per heavy atom. The minimum absolute atomic E-state index is 0.0493. The van der Waals surface area contributed by atoms with Crippen LogP contribution in [0.15, 0.2) is 11.2 Å². The van der Waals surface area contributed by atoms with Crippen LogP contribution in [0.25, 0.3) is 0 Å². The Hall–Kier alpha value is -1.45. The van der Waals surface area contributed by atoms with Gasteiger partial charge >= 0.3 is 0 Å². The second kappa shape index (κ2) is 5.64. The summed E-state index contributed by atoms with van der Waals surface area (Å²) in [5, 5.41) is 2.82. The highest BCUT2D eigenvalue weighted by Crippen LogP contribution is 2.39. The van der Waals surface area contributed by atoms with E-state index in [1.165, 1.54) is 13.1 Å². The Labute approximate surface area is 129 Å². The summed E-state index contributed by atoms with van der Waals surface area (Å²) < 4.78 is 33.1. The fraction of sp³-hybridized carbons (Fsp3) is 0.692. The summed E-state index contributed by atoms with van der Waals surface area (Å²) in [6.07, 6.45) is 2.63. The van der Waals surface area contributed by atoms with Crippen LogP contribution in [0.5, 0.6) is 0 Å². The van der Waals surface area contributed by atoms with Crippen molar-refractivity contribution in [2.75, 3.05) is 6.61 Å². The molecule has 22 heavy (non-hydrogen) atoms. The SMILES string of the molecule is CCc1ncc(S(=O)(=O)N[C@H]2[C@H]3CCO[C@H]3[C@@H]2NC(C)=O)[nH]1. The van der Waals surface area contributed by atoms with E-state index in [2.05, 4.69) is 20.0 Å². The minimum Gasteiger partial charge on any atom is -0.376 e. The lowest BCUT2D eigenvalue weighted by atomic mass is 9.72. The number of nitrogens with zero attached hydrogens (tertiary/aromatic N) is 1. The first-order valence-electron chi connectivity index (χ1n) is 7.37. The van der Waals surface area contributed by atoms with E-state index < -0.39 is 10.0 Å². The maximum absolute atomic E-state index is 12.4. The Bertz CT molecular complexity index is 671. The second-order valence-corrected chi connectivity index (χ2v) is 7.39. The van der Waals surface area contributed by atoms with Gasteiger partial charge in [-0.25, -0.2) is 18.1 Å². The largest absolute Gasteiger partial charge is 0.376 e. The lowest BCUT2D eigenvalue weighted by Gasteiger charge is -2.47. The average molecular weight is 328 g/mol. The number of carbonyl (C=O) groups is 1. The number of nitrogens with one attached hydrogen (secondary N) is 3. The standard InChI is InChI=1S/C13H20N4O4S/c1-3-9-14-6-10(16-9)22(19,20)17-11-8-4-5-21-13(8)12(11)15-7(2)18/h6,8,11-13,17H,3-5H2,1-2H3,(H,14,16)(H,15,18)/t8-,11+,12-,13-/m1/s1. The van der Waals surface area contributed by atoms with Crippen LogP contribution in [0.3, 0.4) is 0 Å². The number of aryl methyl sites for hydroxylation is 1. The van der Waals surface area contributed by atoms with Gasteiger partial charge in [-0.15, -0.1) is 0 Å². The summed E-state index contributed by atoms with van der Waals surface area (Å²) in [5.41, 5.74) is 0. The number of aromatic nitrogens is 2. The van der Waals surface area contributed by atoms with Crippen LogP contribution >= 0.6 is 0 Å². The molecule has 3 N–H and O–H groups in total. The second-order valence-electron chi connectivity index (χ2n) is 5.71. The zero-order valence-electron chi connectivity index (χ0n) is 12.5. The first kappa shape index (κ1) is 15.4. The van der Waals surface area contributed by atoms with Gasteiger partial charge in [0.25, 0.3) is 10.0 Å². The number of amides is 1. The highest BCUT2D eigenvalue weighted by Gasteiger charge is 2.55. The van der Waals surface area contributed by atoms with Crippen molar-refractivity contribution in [3.63, 3.8) is 0 Å². The third-order valence-electron chi connectivity index (χ3n) is 4.28. The normalized spacial score (nSPS) is 30.6. The van der Waals surface area contributed by atoms with E-state index in [1.54, 1.807) is 0 Å². The van der Waals surface area contributed by atoms with Crippen LogP contribution in [0.2, 0.25) is 0 Å². The van der Waals surface area contributed by atoms with Gasteiger partial charge in [0.1, 0.15) is 5.82 Å². The molecule has 1 aromatic heterocycles. The number of sulfonamides is 1. The molecule has 0 aromatic carbocycles. The van der Waals surface area contributed by atoms with Gasteiger partial charge < -0.3 is 15.0 Å². The molecule has 4 atom stereocenters. The van der Waals surface area contributed by atoms with Crippen LogP contribution < -0.4 is 10.0 Å². The summed E-state index contributed by atoms with van der Waals surface area (Å²) in [6.45, 7) is 3.89. The Balaban J connectivity index is 1.76. The minimum atomic E-state index is -3.69. The monoisotopic (exact) mass is 328 g/mol.